The fraction of sp³-hybridized carbons (Fsp3) is 0.471. The van der Waals surface area contributed by atoms with Crippen LogP contribution in [0.4, 0.5) is 5.69 Å². The first kappa shape index (κ1) is 16.4. The monoisotopic (exact) mass is 303 g/mol. The molecule has 2 N–H and O–H groups in total. The molecule has 1 heterocycles. The van der Waals surface area contributed by atoms with Gasteiger partial charge < -0.3 is 20.3 Å². The summed E-state index contributed by atoms with van der Waals surface area (Å²) in [5.74, 6) is 0.882. The number of carbonyl (C=O) groups is 1. The van der Waals surface area contributed by atoms with Crippen LogP contribution in [0.5, 0.6) is 5.75 Å². The first-order chi connectivity index (χ1) is 10.6. The van der Waals surface area contributed by atoms with Crippen molar-refractivity contribution in [2.24, 2.45) is 0 Å². The molecule has 1 aliphatic rings. The minimum Gasteiger partial charge on any atom is -0.487 e. The molecule has 0 atom stereocenters. The molecule has 1 saturated heterocycles. The van der Waals surface area contributed by atoms with Crippen molar-refractivity contribution in [1.29, 1.82) is 0 Å². The van der Waals surface area contributed by atoms with E-state index in [9.17, 15) is 4.79 Å². The van der Waals surface area contributed by atoms with E-state index in [-0.39, 0.29) is 5.91 Å². The Hall–Kier alpha value is -2.01. The number of aryl methyl sites for hydroxylation is 1. The molecule has 0 radical (unpaired) electrons. The van der Waals surface area contributed by atoms with E-state index in [1.165, 1.54) is 0 Å². The summed E-state index contributed by atoms with van der Waals surface area (Å²) in [6.07, 6.45) is 2.91. The molecule has 5 heteroatoms. The van der Waals surface area contributed by atoms with Crippen molar-refractivity contribution < 1.29 is 9.53 Å². The van der Waals surface area contributed by atoms with Crippen molar-refractivity contribution in [3.05, 3.63) is 36.4 Å². The standard InChI is InChI=1S/C17H25N3O2/c1-3-12-22-16-6-4-14(13-15(16)18)5-7-17(21)20-10-8-19(2)9-11-20/h3-4,6,13H,1,5,7-12,18H2,2H3. The van der Waals surface area contributed by atoms with E-state index in [4.69, 9.17) is 10.5 Å². The quantitative estimate of drug-likeness (QED) is 0.640. The largest absolute Gasteiger partial charge is 0.487 e. The number of ether oxygens (including phenoxy) is 1. The average molecular weight is 303 g/mol. The zero-order valence-electron chi connectivity index (χ0n) is 13.3. The molecule has 0 spiro atoms. The van der Waals surface area contributed by atoms with Gasteiger partial charge in [-0.2, -0.15) is 0 Å². The Morgan fingerprint density at radius 2 is 2.09 bits per heavy atom. The summed E-state index contributed by atoms with van der Waals surface area (Å²) in [5, 5.41) is 0. The van der Waals surface area contributed by atoms with Gasteiger partial charge in [-0.05, 0) is 31.2 Å². The molecular weight excluding hydrogens is 278 g/mol. The number of nitrogens with zero attached hydrogens (tertiary/aromatic N) is 2. The summed E-state index contributed by atoms with van der Waals surface area (Å²) in [6.45, 7) is 7.60. The molecule has 22 heavy (non-hydrogen) atoms. The van der Waals surface area contributed by atoms with Crippen molar-refractivity contribution in [3.63, 3.8) is 0 Å². The fourth-order valence-corrected chi connectivity index (χ4v) is 2.50. The fourth-order valence-electron chi connectivity index (χ4n) is 2.50. The van der Waals surface area contributed by atoms with Gasteiger partial charge >= 0.3 is 0 Å². The van der Waals surface area contributed by atoms with Crippen LogP contribution < -0.4 is 10.5 Å². The number of carbonyl (C=O) groups excluding carboxylic acids is 1. The Labute approximate surface area is 132 Å². The maximum absolute atomic E-state index is 12.2. The van der Waals surface area contributed by atoms with Crippen LogP contribution in [0.15, 0.2) is 30.9 Å². The zero-order chi connectivity index (χ0) is 15.9. The number of anilines is 1. The van der Waals surface area contributed by atoms with E-state index >= 15 is 0 Å². The second kappa shape index (κ2) is 7.84. The predicted molar refractivity (Wildman–Crippen MR) is 88.9 cm³/mol. The van der Waals surface area contributed by atoms with Crippen LogP contribution in [-0.2, 0) is 11.2 Å². The summed E-state index contributed by atoms with van der Waals surface area (Å²) in [5.41, 5.74) is 7.63. The van der Waals surface area contributed by atoms with Crippen molar-refractivity contribution >= 4 is 11.6 Å². The highest BCUT2D eigenvalue weighted by atomic mass is 16.5. The van der Waals surface area contributed by atoms with Gasteiger partial charge in [0.05, 0.1) is 5.69 Å². The second-order valence-electron chi connectivity index (χ2n) is 5.66. The predicted octanol–water partition coefficient (Wildman–Crippen LogP) is 1.54. The van der Waals surface area contributed by atoms with Crippen LogP contribution in [0, 0.1) is 0 Å². The van der Waals surface area contributed by atoms with E-state index in [2.05, 4.69) is 18.5 Å². The summed E-state index contributed by atoms with van der Waals surface area (Å²) >= 11 is 0. The summed E-state index contributed by atoms with van der Waals surface area (Å²) in [6, 6.07) is 5.70. The molecule has 1 aromatic rings. The number of hydrogen-bond donors (Lipinski definition) is 1. The number of nitrogen functional groups attached to an aromatic ring is 1. The molecule has 5 nitrogen and oxygen atoms in total. The molecule has 1 fully saturated rings. The number of nitrogens with two attached hydrogens (primary N) is 1. The van der Waals surface area contributed by atoms with Gasteiger partial charge in [0, 0.05) is 32.6 Å². The summed E-state index contributed by atoms with van der Waals surface area (Å²) < 4.78 is 5.45. The number of rotatable bonds is 6. The Morgan fingerprint density at radius 3 is 2.73 bits per heavy atom. The first-order valence-electron chi connectivity index (χ1n) is 7.68. The Balaban J connectivity index is 1.84. The molecule has 1 amide bonds. The first-order valence-corrected chi connectivity index (χ1v) is 7.68. The van der Waals surface area contributed by atoms with Gasteiger partial charge in [0.15, 0.2) is 0 Å². The molecule has 1 aromatic carbocycles. The van der Waals surface area contributed by atoms with Crippen molar-refractivity contribution in [2.45, 2.75) is 12.8 Å². The molecule has 0 bridgehead atoms. The van der Waals surface area contributed by atoms with Crippen molar-refractivity contribution in [3.8, 4) is 5.75 Å². The molecular formula is C17H25N3O2. The van der Waals surface area contributed by atoms with E-state index in [1.807, 2.05) is 23.1 Å². The molecule has 120 valence electrons. The molecule has 1 aliphatic heterocycles. The Bertz CT molecular complexity index is 523. The summed E-state index contributed by atoms with van der Waals surface area (Å²) in [4.78, 5) is 16.4. The third-order valence-electron chi connectivity index (χ3n) is 3.91. The highest BCUT2D eigenvalue weighted by Crippen LogP contribution is 2.23. The topological polar surface area (TPSA) is 58.8 Å². The molecule has 2 rings (SSSR count). The lowest BCUT2D eigenvalue weighted by atomic mass is 10.1. The Kier molecular flexibility index (Phi) is 5.83. The highest BCUT2D eigenvalue weighted by molar-refractivity contribution is 5.76. The van der Waals surface area contributed by atoms with Crippen LogP contribution >= 0.6 is 0 Å². The number of benzene rings is 1. The van der Waals surface area contributed by atoms with Gasteiger partial charge in [-0.3, -0.25) is 4.79 Å². The van der Waals surface area contributed by atoms with Gasteiger partial charge in [-0.15, -0.1) is 0 Å². The van der Waals surface area contributed by atoms with Crippen LogP contribution in [0.2, 0.25) is 0 Å². The average Bonchev–Trinajstić information content (AvgIpc) is 2.52. The van der Waals surface area contributed by atoms with Crippen molar-refractivity contribution in [2.75, 3.05) is 45.6 Å². The van der Waals surface area contributed by atoms with Gasteiger partial charge in [0.25, 0.3) is 0 Å². The lowest BCUT2D eigenvalue weighted by molar-refractivity contribution is -0.132. The lowest BCUT2D eigenvalue weighted by Crippen LogP contribution is -2.47. The number of piperazine rings is 1. The second-order valence-corrected chi connectivity index (χ2v) is 5.66. The highest BCUT2D eigenvalue weighted by Gasteiger charge is 2.18. The minimum absolute atomic E-state index is 0.221. The van der Waals surface area contributed by atoms with Gasteiger partial charge in [-0.1, -0.05) is 18.7 Å². The molecule has 0 saturated carbocycles. The SMILES string of the molecule is C=CCOc1ccc(CCC(=O)N2CCN(C)CC2)cc1N. The van der Waals surface area contributed by atoms with Crippen LogP contribution in [-0.4, -0.2) is 55.5 Å². The number of likely N-dealkylation sites (N-methyl/N-ethyl adjacent to an activating group) is 1. The van der Waals surface area contributed by atoms with E-state index < -0.39 is 0 Å². The van der Waals surface area contributed by atoms with E-state index in [1.54, 1.807) is 6.08 Å². The number of amides is 1. The van der Waals surface area contributed by atoms with E-state index in [0.29, 0.717) is 30.9 Å². The smallest absolute Gasteiger partial charge is 0.222 e. The molecule has 0 unspecified atom stereocenters. The van der Waals surface area contributed by atoms with E-state index in [0.717, 1.165) is 31.7 Å². The maximum atomic E-state index is 12.2. The third-order valence-corrected chi connectivity index (χ3v) is 3.91. The van der Waals surface area contributed by atoms with Crippen LogP contribution in [0.3, 0.4) is 0 Å². The lowest BCUT2D eigenvalue weighted by Gasteiger charge is -2.32. The van der Waals surface area contributed by atoms with Crippen LogP contribution in [0.25, 0.3) is 0 Å². The normalized spacial score (nSPS) is 15.6. The summed E-state index contributed by atoms with van der Waals surface area (Å²) in [7, 11) is 2.08. The third kappa shape index (κ3) is 4.49. The van der Waals surface area contributed by atoms with Crippen molar-refractivity contribution in [1.82, 2.24) is 9.80 Å². The van der Waals surface area contributed by atoms with Gasteiger partial charge in [-0.25, -0.2) is 0 Å². The van der Waals surface area contributed by atoms with Gasteiger partial charge in [0.1, 0.15) is 12.4 Å². The maximum Gasteiger partial charge on any atom is 0.222 e. The molecule has 0 aromatic heterocycles. The van der Waals surface area contributed by atoms with Gasteiger partial charge in [0.2, 0.25) is 5.91 Å². The minimum atomic E-state index is 0.221. The number of hydrogen-bond acceptors (Lipinski definition) is 4. The molecule has 0 aliphatic carbocycles. The van der Waals surface area contributed by atoms with Crippen LogP contribution in [0.1, 0.15) is 12.0 Å². The Morgan fingerprint density at radius 1 is 1.36 bits per heavy atom. The zero-order valence-corrected chi connectivity index (χ0v) is 13.3.